The minimum absolute atomic E-state index is 0.0127. The number of likely N-dealkylation sites (tertiary alicyclic amines) is 1. The molecule has 0 saturated carbocycles. The molecule has 2 atom stereocenters. The largest absolute Gasteiger partial charge is 0.392 e. The van der Waals surface area contributed by atoms with E-state index in [1.54, 1.807) is 12.4 Å². The smallest absolute Gasteiger partial charge is 0.244 e. The number of aliphatic hydroxyl groups excluding tert-OH is 1. The van der Waals surface area contributed by atoms with E-state index in [0.717, 1.165) is 18.0 Å². The molecular formula is C17H18FN5O4S. The summed E-state index contributed by atoms with van der Waals surface area (Å²) in [6, 6.07) is 4.23. The van der Waals surface area contributed by atoms with Crippen LogP contribution in [-0.2, 0) is 22.1 Å². The molecule has 11 heteroatoms. The van der Waals surface area contributed by atoms with Gasteiger partial charge in [-0.1, -0.05) is 5.16 Å². The molecule has 1 aliphatic rings. The van der Waals surface area contributed by atoms with Crippen molar-refractivity contribution in [3.63, 3.8) is 0 Å². The van der Waals surface area contributed by atoms with Crippen LogP contribution in [0.15, 0.2) is 46.1 Å². The van der Waals surface area contributed by atoms with E-state index in [1.165, 1.54) is 12.1 Å². The Kier molecular flexibility index (Phi) is 4.96. The van der Waals surface area contributed by atoms with Gasteiger partial charge in [-0.15, -0.1) is 0 Å². The Bertz CT molecular complexity index is 1040. The molecule has 2 aromatic heterocycles. The van der Waals surface area contributed by atoms with Crippen LogP contribution >= 0.6 is 0 Å². The first-order valence-corrected chi connectivity index (χ1v) is 10.3. The number of hydrogen-bond donors (Lipinski definition) is 2. The maximum Gasteiger partial charge on any atom is 0.244 e. The average Bonchev–Trinajstić information content (AvgIpc) is 3.37. The van der Waals surface area contributed by atoms with Crippen molar-refractivity contribution in [2.75, 3.05) is 6.54 Å². The Morgan fingerprint density at radius 2 is 2.11 bits per heavy atom. The lowest BCUT2D eigenvalue weighted by atomic mass is 10.2. The highest BCUT2D eigenvalue weighted by atomic mass is 32.2. The average molecular weight is 407 g/mol. The zero-order valence-electron chi connectivity index (χ0n) is 14.7. The first kappa shape index (κ1) is 18.7. The number of hydrogen-bond acceptors (Lipinski definition) is 8. The molecule has 148 valence electrons. The molecule has 3 heterocycles. The number of rotatable bonds is 6. The van der Waals surface area contributed by atoms with Gasteiger partial charge in [0.2, 0.25) is 5.89 Å². The monoisotopic (exact) mass is 407 g/mol. The standard InChI is InChI=1S/C17H18FN5O4S/c18-11-1-3-13(4-2-11)28(25,26)10-16-21-17(27-22-16)14-7-12(24)8-23(14)9-15-19-5-6-20-15/h1-6,12,14,24H,7-10H2,(H,19,20). The number of aromatic nitrogens is 4. The number of aliphatic hydroxyl groups is 1. The van der Waals surface area contributed by atoms with Crippen molar-refractivity contribution in [3.05, 3.63) is 60.0 Å². The molecule has 0 aliphatic carbocycles. The zero-order valence-corrected chi connectivity index (χ0v) is 15.5. The van der Waals surface area contributed by atoms with Crippen LogP contribution in [0.3, 0.4) is 0 Å². The van der Waals surface area contributed by atoms with Gasteiger partial charge in [-0.2, -0.15) is 4.98 Å². The van der Waals surface area contributed by atoms with Crippen LogP contribution in [0.5, 0.6) is 0 Å². The highest BCUT2D eigenvalue weighted by Gasteiger charge is 2.36. The molecule has 9 nitrogen and oxygen atoms in total. The second kappa shape index (κ2) is 7.41. The van der Waals surface area contributed by atoms with Gasteiger partial charge in [0.05, 0.1) is 23.6 Å². The molecule has 0 amide bonds. The van der Waals surface area contributed by atoms with Gasteiger partial charge in [0.15, 0.2) is 15.7 Å². The Balaban J connectivity index is 1.51. The summed E-state index contributed by atoms with van der Waals surface area (Å²) in [6.07, 6.45) is 3.19. The first-order valence-electron chi connectivity index (χ1n) is 8.62. The highest BCUT2D eigenvalue weighted by molar-refractivity contribution is 7.90. The van der Waals surface area contributed by atoms with E-state index in [1.807, 2.05) is 4.90 Å². The zero-order chi connectivity index (χ0) is 19.7. The fraction of sp³-hybridized carbons (Fsp3) is 0.353. The number of sulfone groups is 1. The summed E-state index contributed by atoms with van der Waals surface area (Å²) in [7, 11) is -3.74. The first-order chi connectivity index (χ1) is 13.4. The third kappa shape index (κ3) is 3.96. The Labute approximate surface area is 160 Å². The van der Waals surface area contributed by atoms with E-state index in [9.17, 15) is 17.9 Å². The third-order valence-electron chi connectivity index (χ3n) is 4.55. The summed E-state index contributed by atoms with van der Waals surface area (Å²) in [5, 5.41) is 13.8. The van der Waals surface area contributed by atoms with Crippen molar-refractivity contribution in [2.24, 2.45) is 0 Å². The number of halogens is 1. The molecule has 0 radical (unpaired) electrons. The number of β-amino-alcohol motifs (C(OH)–C–C–N with tert-alkyl or cyclic N) is 1. The van der Waals surface area contributed by atoms with Crippen LogP contribution in [0.2, 0.25) is 0 Å². The lowest BCUT2D eigenvalue weighted by molar-refractivity contribution is 0.167. The quantitative estimate of drug-likeness (QED) is 0.584. The number of benzene rings is 1. The van der Waals surface area contributed by atoms with Crippen molar-refractivity contribution in [3.8, 4) is 0 Å². The van der Waals surface area contributed by atoms with E-state index in [4.69, 9.17) is 4.52 Å². The predicted molar refractivity (Wildman–Crippen MR) is 94.0 cm³/mol. The summed E-state index contributed by atoms with van der Waals surface area (Å²) in [4.78, 5) is 13.3. The molecule has 1 saturated heterocycles. The summed E-state index contributed by atoms with van der Waals surface area (Å²) in [5.74, 6) is 0.0105. The Morgan fingerprint density at radius 3 is 2.82 bits per heavy atom. The van der Waals surface area contributed by atoms with Gasteiger partial charge in [-0.05, 0) is 30.7 Å². The molecule has 3 aromatic rings. The molecule has 1 fully saturated rings. The SMILES string of the molecule is O=S(=O)(Cc1noc(C2CC(O)CN2Cc2ncc[nH]2)n1)c1ccc(F)cc1. The van der Waals surface area contributed by atoms with Crippen molar-refractivity contribution in [2.45, 2.75) is 35.8 Å². The lowest BCUT2D eigenvalue weighted by Gasteiger charge is -2.19. The van der Waals surface area contributed by atoms with Gasteiger partial charge in [-0.25, -0.2) is 17.8 Å². The summed E-state index contributed by atoms with van der Waals surface area (Å²) < 4.78 is 43.2. The summed E-state index contributed by atoms with van der Waals surface area (Å²) >= 11 is 0. The van der Waals surface area contributed by atoms with E-state index >= 15 is 0 Å². The van der Waals surface area contributed by atoms with E-state index in [0.29, 0.717) is 19.5 Å². The van der Waals surface area contributed by atoms with E-state index < -0.39 is 27.5 Å². The Hall–Kier alpha value is -2.63. The second-order valence-electron chi connectivity index (χ2n) is 6.63. The molecule has 0 spiro atoms. The molecule has 1 aliphatic heterocycles. The minimum Gasteiger partial charge on any atom is -0.392 e. The predicted octanol–water partition coefficient (Wildman–Crippen LogP) is 1.21. The highest BCUT2D eigenvalue weighted by Crippen LogP contribution is 2.32. The molecule has 2 N–H and O–H groups in total. The van der Waals surface area contributed by atoms with Crippen LogP contribution in [-0.4, -0.2) is 51.2 Å². The number of imidazole rings is 1. The summed E-state index contributed by atoms with van der Waals surface area (Å²) in [6.45, 7) is 0.872. The van der Waals surface area contributed by atoms with Crippen LogP contribution in [0, 0.1) is 5.82 Å². The molecule has 4 rings (SSSR count). The van der Waals surface area contributed by atoms with Crippen LogP contribution in [0.25, 0.3) is 0 Å². The topological polar surface area (TPSA) is 125 Å². The maximum atomic E-state index is 13.0. The lowest BCUT2D eigenvalue weighted by Crippen LogP contribution is -2.25. The Morgan fingerprint density at radius 1 is 1.32 bits per heavy atom. The van der Waals surface area contributed by atoms with E-state index in [2.05, 4.69) is 20.1 Å². The van der Waals surface area contributed by atoms with Crippen LogP contribution in [0.4, 0.5) is 4.39 Å². The van der Waals surface area contributed by atoms with Crippen LogP contribution in [0.1, 0.15) is 30.0 Å². The second-order valence-corrected chi connectivity index (χ2v) is 8.62. The van der Waals surface area contributed by atoms with Gasteiger partial charge >= 0.3 is 0 Å². The van der Waals surface area contributed by atoms with Gasteiger partial charge in [-0.3, -0.25) is 4.90 Å². The van der Waals surface area contributed by atoms with Gasteiger partial charge in [0.25, 0.3) is 0 Å². The normalized spacial score (nSPS) is 20.6. The number of nitrogens with zero attached hydrogens (tertiary/aromatic N) is 4. The van der Waals surface area contributed by atoms with Crippen molar-refractivity contribution in [1.82, 2.24) is 25.0 Å². The van der Waals surface area contributed by atoms with Crippen LogP contribution < -0.4 is 0 Å². The minimum atomic E-state index is -3.74. The number of H-pyrrole nitrogens is 1. The molecule has 0 bridgehead atoms. The maximum absolute atomic E-state index is 13.0. The van der Waals surface area contributed by atoms with Gasteiger partial charge in [0, 0.05) is 18.9 Å². The number of aromatic amines is 1. The van der Waals surface area contributed by atoms with Gasteiger partial charge in [0.1, 0.15) is 17.4 Å². The molecular weight excluding hydrogens is 389 g/mol. The van der Waals surface area contributed by atoms with Crippen molar-refractivity contribution in [1.29, 1.82) is 0 Å². The fourth-order valence-corrected chi connectivity index (χ4v) is 4.42. The van der Waals surface area contributed by atoms with Gasteiger partial charge < -0.3 is 14.6 Å². The van der Waals surface area contributed by atoms with Crippen molar-refractivity contribution >= 4 is 9.84 Å². The summed E-state index contributed by atoms with van der Waals surface area (Å²) in [5.41, 5.74) is 0. The molecule has 28 heavy (non-hydrogen) atoms. The number of nitrogens with one attached hydrogen (secondary N) is 1. The van der Waals surface area contributed by atoms with E-state index in [-0.39, 0.29) is 22.7 Å². The fourth-order valence-electron chi connectivity index (χ4n) is 3.24. The molecule has 1 aromatic carbocycles. The molecule has 2 unspecified atom stereocenters. The van der Waals surface area contributed by atoms with Crippen molar-refractivity contribution < 1.29 is 22.4 Å². The third-order valence-corrected chi connectivity index (χ3v) is 6.18.